The van der Waals surface area contributed by atoms with Crippen LogP contribution in [0.2, 0.25) is 0 Å². The number of carbonyl (C=O) groups is 1. The summed E-state index contributed by atoms with van der Waals surface area (Å²) in [7, 11) is 1.62. The van der Waals surface area contributed by atoms with E-state index in [1.54, 1.807) is 19.3 Å². The van der Waals surface area contributed by atoms with Gasteiger partial charge in [0.2, 0.25) is 5.91 Å². The van der Waals surface area contributed by atoms with Gasteiger partial charge >= 0.3 is 0 Å². The van der Waals surface area contributed by atoms with Gasteiger partial charge in [0.15, 0.2) is 0 Å². The van der Waals surface area contributed by atoms with Gasteiger partial charge in [0.25, 0.3) is 0 Å². The fourth-order valence-corrected chi connectivity index (χ4v) is 3.50. The Kier molecular flexibility index (Phi) is 3.98. The molecule has 0 atom stereocenters. The lowest BCUT2D eigenvalue weighted by atomic mass is 10.0. The molecule has 1 N–H and O–H groups in total. The topological polar surface area (TPSA) is 38.3 Å². The fourth-order valence-electron chi connectivity index (χ4n) is 3.50. The summed E-state index contributed by atoms with van der Waals surface area (Å²) < 4.78 is 5.30. The van der Waals surface area contributed by atoms with Crippen molar-refractivity contribution in [3.8, 4) is 5.75 Å². The van der Waals surface area contributed by atoms with E-state index in [0.717, 1.165) is 35.2 Å². The summed E-state index contributed by atoms with van der Waals surface area (Å²) in [4.78, 5) is 12.4. The van der Waals surface area contributed by atoms with Gasteiger partial charge < -0.3 is 10.1 Å². The maximum Gasteiger partial charge on any atom is 0.248 e. The molecule has 0 bridgehead atoms. The number of nitrogens with one attached hydrogen (secondary N) is 1. The molecule has 0 spiro atoms. The molecule has 0 fully saturated rings. The zero-order chi connectivity index (χ0) is 17.2. The molecule has 25 heavy (non-hydrogen) atoms. The number of aryl methyl sites for hydroxylation is 2. The Balaban J connectivity index is 1.60. The lowest BCUT2D eigenvalue weighted by molar-refractivity contribution is -0.111. The summed E-state index contributed by atoms with van der Waals surface area (Å²) in [5, 5.41) is 5.43. The summed E-state index contributed by atoms with van der Waals surface area (Å²) in [5.41, 5.74) is 4.47. The van der Waals surface area contributed by atoms with Crippen molar-refractivity contribution in [2.45, 2.75) is 12.8 Å². The van der Waals surface area contributed by atoms with Crippen LogP contribution >= 0.6 is 0 Å². The van der Waals surface area contributed by atoms with Crippen LogP contribution in [0, 0.1) is 0 Å². The Hall–Kier alpha value is -3.07. The van der Waals surface area contributed by atoms with E-state index in [1.807, 2.05) is 30.3 Å². The van der Waals surface area contributed by atoms with Gasteiger partial charge in [-0.2, -0.15) is 0 Å². The molecule has 3 nitrogen and oxygen atoms in total. The van der Waals surface area contributed by atoms with E-state index in [0.29, 0.717) is 0 Å². The van der Waals surface area contributed by atoms with Crippen LogP contribution in [-0.4, -0.2) is 13.0 Å². The molecule has 0 aliphatic heterocycles. The van der Waals surface area contributed by atoms with Gasteiger partial charge in [-0.25, -0.2) is 0 Å². The molecule has 3 heteroatoms. The highest BCUT2D eigenvalue weighted by Crippen LogP contribution is 2.35. The normalized spacial score (nSPS) is 12.7. The van der Waals surface area contributed by atoms with Crippen molar-refractivity contribution >= 4 is 28.4 Å². The number of ether oxygens (including phenoxy) is 1. The number of carbonyl (C=O) groups excluding carboxylic acids is 1. The molecular weight excluding hydrogens is 310 g/mol. The Bertz CT molecular complexity index is 978. The minimum absolute atomic E-state index is 0.149. The first-order valence-corrected chi connectivity index (χ1v) is 8.42. The maximum absolute atomic E-state index is 12.4. The van der Waals surface area contributed by atoms with Crippen LogP contribution in [-0.2, 0) is 17.6 Å². The highest BCUT2D eigenvalue weighted by atomic mass is 16.5. The smallest absolute Gasteiger partial charge is 0.248 e. The Morgan fingerprint density at radius 2 is 1.80 bits per heavy atom. The van der Waals surface area contributed by atoms with Crippen molar-refractivity contribution in [3.05, 3.63) is 77.4 Å². The van der Waals surface area contributed by atoms with Gasteiger partial charge in [-0.15, -0.1) is 0 Å². The minimum Gasteiger partial charge on any atom is -0.496 e. The highest BCUT2D eigenvalue weighted by molar-refractivity contribution is 6.09. The molecule has 1 aliphatic carbocycles. The summed E-state index contributed by atoms with van der Waals surface area (Å²) >= 11 is 0. The fraction of sp³-hybridized carbons (Fsp3) is 0.136. The molecule has 1 aliphatic rings. The third kappa shape index (κ3) is 2.89. The van der Waals surface area contributed by atoms with Crippen molar-refractivity contribution in [1.82, 2.24) is 0 Å². The van der Waals surface area contributed by atoms with E-state index in [-0.39, 0.29) is 5.91 Å². The predicted octanol–water partition coefficient (Wildman–Crippen LogP) is 4.60. The van der Waals surface area contributed by atoms with Crippen LogP contribution in [0.25, 0.3) is 16.8 Å². The van der Waals surface area contributed by atoms with Crippen LogP contribution in [0.1, 0.15) is 16.7 Å². The van der Waals surface area contributed by atoms with E-state index in [1.165, 1.54) is 16.5 Å². The summed E-state index contributed by atoms with van der Waals surface area (Å²) in [6, 6.07) is 18.1. The third-order valence-electron chi connectivity index (χ3n) is 4.69. The zero-order valence-corrected chi connectivity index (χ0v) is 14.1. The standard InChI is InChI=1S/C22H19NO2/c1-25-20-8-3-2-5-15(20)12-14-21(24)23-19-13-11-17-10-9-16-6-4-7-18(19)22(16)17/h2-8,11-14H,9-10H2,1H3,(H,23,24)/b14-12+. The Morgan fingerprint density at radius 1 is 1.00 bits per heavy atom. The van der Waals surface area contributed by atoms with Gasteiger partial charge in [0.1, 0.15) is 5.75 Å². The average molecular weight is 329 g/mol. The summed E-state index contributed by atoms with van der Waals surface area (Å²) in [6.07, 6.45) is 5.48. The molecule has 0 aromatic heterocycles. The molecule has 0 radical (unpaired) electrons. The largest absolute Gasteiger partial charge is 0.496 e. The number of amides is 1. The van der Waals surface area contributed by atoms with Crippen LogP contribution < -0.4 is 10.1 Å². The molecule has 0 saturated heterocycles. The first kappa shape index (κ1) is 15.5. The number of hydrogen-bond donors (Lipinski definition) is 1. The number of anilines is 1. The van der Waals surface area contributed by atoms with Crippen molar-refractivity contribution in [3.63, 3.8) is 0 Å². The molecule has 124 valence electrons. The van der Waals surface area contributed by atoms with Gasteiger partial charge in [-0.05, 0) is 47.6 Å². The Labute approximate surface area is 146 Å². The molecule has 4 rings (SSSR count). The maximum atomic E-state index is 12.4. The van der Waals surface area contributed by atoms with Crippen molar-refractivity contribution in [2.24, 2.45) is 0 Å². The van der Waals surface area contributed by atoms with Gasteiger partial charge in [-0.3, -0.25) is 4.79 Å². The SMILES string of the molecule is COc1ccccc1/C=C/C(=O)Nc1ccc2c3c(cccc13)CC2. The number of methoxy groups -OCH3 is 1. The van der Waals surface area contributed by atoms with Gasteiger partial charge in [-0.1, -0.05) is 42.5 Å². The third-order valence-corrected chi connectivity index (χ3v) is 4.69. The second kappa shape index (κ2) is 6.44. The van der Waals surface area contributed by atoms with Gasteiger partial charge in [0, 0.05) is 22.7 Å². The first-order chi connectivity index (χ1) is 12.3. The molecule has 0 saturated carbocycles. The van der Waals surface area contributed by atoms with E-state index >= 15 is 0 Å². The molecule has 0 unspecified atom stereocenters. The highest BCUT2D eigenvalue weighted by Gasteiger charge is 2.16. The van der Waals surface area contributed by atoms with Crippen molar-refractivity contribution < 1.29 is 9.53 Å². The number of rotatable bonds is 4. The second-order valence-corrected chi connectivity index (χ2v) is 6.18. The monoisotopic (exact) mass is 329 g/mol. The average Bonchev–Trinajstić information content (AvgIpc) is 3.07. The molecule has 3 aromatic carbocycles. The molecular formula is C22H19NO2. The van der Waals surface area contributed by atoms with Crippen LogP contribution in [0.3, 0.4) is 0 Å². The van der Waals surface area contributed by atoms with Crippen LogP contribution in [0.4, 0.5) is 5.69 Å². The lowest BCUT2D eigenvalue weighted by Crippen LogP contribution is -2.08. The number of para-hydroxylation sites is 1. The van der Waals surface area contributed by atoms with E-state index < -0.39 is 0 Å². The van der Waals surface area contributed by atoms with E-state index in [2.05, 4.69) is 29.6 Å². The molecule has 3 aromatic rings. The summed E-state index contributed by atoms with van der Waals surface area (Å²) in [5.74, 6) is 0.599. The lowest BCUT2D eigenvalue weighted by Gasteiger charge is -2.09. The molecule has 0 heterocycles. The molecule has 1 amide bonds. The predicted molar refractivity (Wildman–Crippen MR) is 102 cm³/mol. The van der Waals surface area contributed by atoms with E-state index in [4.69, 9.17) is 4.74 Å². The van der Waals surface area contributed by atoms with E-state index in [9.17, 15) is 4.79 Å². The quantitative estimate of drug-likeness (QED) is 0.711. The van der Waals surface area contributed by atoms with Gasteiger partial charge in [0.05, 0.1) is 7.11 Å². The van der Waals surface area contributed by atoms with Crippen molar-refractivity contribution in [1.29, 1.82) is 0 Å². The number of benzene rings is 3. The zero-order valence-electron chi connectivity index (χ0n) is 14.1. The summed E-state index contributed by atoms with van der Waals surface area (Å²) in [6.45, 7) is 0. The van der Waals surface area contributed by atoms with Crippen LogP contribution in [0.5, 0.6) is 5.75 Å². The number of hydrogen-bond acceptors (Lipinski definition) is 2. The van der Waals surface area contributed by atoms with Crippen molar-refractivity contribution in [2.75, 3.05) is 12.4 Å². The van der Waals surface area contributed by atoms with Crippen LogP contribution in [0.15, 0.2) is 60.7 Å². The minimum atomic E-state index is -0.149. The first-order valence-electron chi connectivity index (χ1n) is 8.42. The Morgan fingerprint density at radius 3 is 2.64 bits per heavy atom. The second-order valence-electron chi connectivity index (χ2n) is 6.18.